The van der Waals surface area contributed by atoms with Gasteiger partial charge in [0.15, 0.2) is 0 Å². The lowest BCUT2D eigenvalue weighted by Crippen LogP contribution is -2.38. The highest BCUT2D eigenvalue weighted by atomic mass is 16.3. The van der Waals surface area contributed by atoms with Gasteiger partial charge in [-0.2, -0.15) is 0 Å². The van der Waals surface area contributed by atoms with Gasteiger partial charge in [0.05, 0.1) is 18.7 Å². The quantitative estimate of drug-likeness (QED) is 0.520. The summed E-state index contributed by atoms with van der Waals surface area (Å²) in [5.41, 5.74) is -0.636. The largest absolute Gasteiger partial charge is 0.394 e. The normalized spacial score (nSPS) is 20.3. The topological polar surface area (TPSA) is 69.2 Å². The third-order valence-electron chi connectivity index (χ3n) is 5.20. The van der Waals surface area contributed by atoms with Crippen molar-refractivity contribution in [2.75, 3.05) is 6.61 Å². The van der Waals surface area contributed by atoms with Gasteiger partial charge in [-0.25, -0.2) is 23.5 Å². The van der Waals surface area contributed by atoms with Gasteiger partial charge in [0, 0.05) is 7.05 Å². The second-order valence-electron chi connectivity index (χ2n) is 7.13. The van der Waals surface area contributed by atoms with Gasteiger partial charge in [0.2, 0.25) is 0 Å². The lowest BCUT2D eigenvalue weighted by molar-refractivity contribution is 0.154. The van der Waals surface area contributed by atoms with Crippen molar-refractivity contribution < 1.29 is 5.11 Å². The van der Waals surface area contributed by atoms with Crippen LogP contribution in [0.5, 0.6) is 0 Å². The van der Waals surface area contributed by atoms with Crippen molar-refractivity contribution in [1.29, 1.82) is 0 Å². The van der Waals surface area contributed by atoms with Crippen LogP contribution in [0.1, 0.15) is 83.2 Å². The van der Waals surface area contributed by atoms with Crippen LogP contribution in [0.15, 0.2) is 21.7 Å². The maximum Gasteiger partial charge on any atom is 0.347 e. The molecule has 0 saturated heterocycles. The van der Waals surface area contributed by atoms with E-state index < -0.39 is 0 Å². The SMILES string of the molecule is CCCCCCCCC/C=C/C1CCC(CO)n2c(=O)n(C)c(=O)n21. The molecule has 6 nitrogen and oxygen atoms in total. The number of aromatic nitrogens is 3. The van der Waals surface area contributed by atoms with Crippen molar-refractivity contribution in [3.63, 3.8) is 0 Å². The van der Waals surface area contributed by atoms with E-state index in [9.17, 15) is 14.7 Å². The Labute approximate surface area is 149 Å². The van der Waals surface area contributed by atoms with Gasteiger partial charge in [-0.05, 0) is 25.7 Å². The molecule has 0 aliphatic carbocycles. The van der Waals surface area contributed by atoms with Crippen molar-refractivity contribution in [1.82, 2.24) is 13.9 Å². The van der Waals surface area contributed by atoms with E-state index in [4.69, 9.17) is 0 Å². The summed E-state index contributed by atoms with van der Waals surface area (Å²) in [5, 5.41) is 9.50. The Morgan fingerprint density at radius 3 is 2.32 bits per heavy atom. The molecular formula is C19H33N3O3. The van der Waals surface area contributed by atoms with Crippen LogP contribution in [-0.2, 0) is 7.05 Å². The average molecular weight is 351 g/mol. The highest BCUT2D eigenvalue weighted by molar-refractivity contribution is 4.97. The van der Waals surface area contributed by atoms with Crippen molar-refractivity contribution in [2.45, 2.75) is 83.2 Å². The van der Waals surface area contributed by atoms with Crippen LogP contribution >= 0.6 is 0 Å². The zero-order valence-corrected chi connectivity index (χ0v) is 15.7. The molecular weight excluding hydrogens is 318 g/mol. The molecule has 2 unspecified atom stereocenters. The van der Waals surface area contributed by atoms with Crippen LogP contribution in [-0.4, -0.2) is 25.6 Å². The molecule has 1 aliphatic rings. The molecule has 0 aromatic carbocycles. The molecule has 2 heterocycles. The van der Waals surface area contributed by atoms with Gasteiger partial charge in [-0.1, -0.05) is 57.6 Å². The van der Waals surface area contributed by atoms with Gasteiger partial charge in [-0.3, -0.25) is 0 Å². The van der Waals surface area contributed by atoms with E-state index in [1.54, 1.807) is 0 Å². The third kappa shape index (κ3) is 4.75. The average Bonchev–Trinajstić information content (AvgIpc) is 2.85. The Hall–Kier alpha value is -1.56. The summed E-state index contributed by atoms with van der Waals surface area (Å²) in [6, 6.07) is -0.386. The van der Waals surface area contributed by atoms with E-state index in [0.717, 1.165) is 17.4 Å². The summed E-state index contributed by atoms with van der Waals surface area (Å²) in [7, 11) is 1.50. The predicted molar refractivity (Wildman–Crippen MR) is 100 cm³/mol. The molecule has 0 amide bonds. The number of hydrogen-bond donors (Lipinski definition) is 1. The maximum atomic E-state index is 12.4. The summed E-state index contributed by atoms with van der Waals surface area (Å²) < 4.78 is 4.09. The summed E-state index contributed by atoms with van der Waals surface area (Å²) >= 11 is 0. The highest BCUT2D eigenvalue weighted by Crippen LogP contribution is 2.26. The van der Waals surface area contributed by atoms with Gasteiger partial charge in [0.1, 0.15) is 0 Å². The van der Waals surface area contributed by atoms with E-state index in [0.29, 0.717) is 6.42 Å². The standard InChI is InChI=1S/C19H33N3O3/c1-3-4-5-6-7-8-9-10-11-12-16-13-14-17(15-23)22-19(25)20(2)18(24)21(16)22/h11-12,16-17,23H,3-10,13-15H2,1-2H3/b12-11+. The number of fused-ring (bicyclic) bond motifs is 1. The van der Waals surface area contributed by atoms with Crippen LogP contribution in [0.3, 0.4) is 0 Å². The number of unbranched alkanes of at least 4 members (excludes halogenated alkanes) is 7. The molecule has 1 aromatic heterocycles. The minimum absolute atomic E-state index is 0.0891. The summed E-state index contributed by atoms with van der Waals surface area (Å²) in [6.45, 7) is 2.12. The Kier molecular flexibility index (Phi) is 7.75. The molecule has 2 rings (SSSR count). The second kappa shape index (κ2) is 9.80. The molecule has 1 aliphatic heterocycles. The van der Waals surface area contributed by atoms with Crippen LogP contribution < -0.4 is 11.4 Å². The number of nitrogens with zero attached hydrogens (tertiary/aromatic N) is 3. The van der Waals surface area contributed by atoms with Crippen LogP contribution in [0.2, 0.25) is 0 Å². The Morgan fingerprint density at radius 1 is 1.00 bits per heavy atom. The van der Waals surface area contributed by atoms with Crippen LogP contribution in [0.25, 0.3) is 0 Å². The number of hydrogen-bond acceptors (Lipinski definition) is 3. The molecule has 0 bridgehead atoms. The Balaban J connectivity index is 1.90. The molecule has 2 atom stereocenters. The first-order valence-electron chi connectivity index (χ1n) is 9.79. The number of rotatable bonds is 10. The van der Waals surface area contributed by atoms with Crippen molar-refractivity contribution in [3.05, 3.63) is 33.1 Å². The first kappa shape index (κ1) is 19.8. The van der Waals surface area contributed by atoms with E-state index >= 15 is 0 Å². The Bertz CT molecular complexity index is 668. The first-order valence-corrected chi connectivity index (χ1v) is 9.79. The van der Waals surface area contributed by atoms with Crippen LogP contribution in [0.4, 0.5) is 0 Å². The van der Waals surface area contributed by atoms with E-state index in [1.807, 2.05) is 0 Å². The third-order valence-corrected chi connectivity index (χ3v) is 5.20. The number of aliphatic hydroxyl groups excluding tert-OH is 1. The lowest BCUT2D eigenvalue weighted by Gasteiger charge is -2.29. The molecule has 0 fully saturated rings. The van der Waals surface area contributed by atoms with Gasteiger partial charge in [0.25, 0.3) is 0 Å². The van der Waals surface area contributed by atoms with E-state index in [2.05, 4.69) is 19.1 Å². The zero-order chi connectivity index (χ0) is 18.2. The fraction of sp³-hybridized carbons (Fsp3) is 0.789. The monoisotopic (exact) mass is 351 g/mol. The molecule has 25 heavy (non-hydrogen) atoms. The molecule has 6 heteroatoms. The van der Waals surface area contributed by atoms with Crippen LogP contribution in [0, 0.1) is 0 Å². The Morgan fingerprint density at radius 2 is 1.64 bits per heavy atom. The molecule has 0 spiro atoms. The minimum Gasteiger partial charge on any atom is -0.394 e. The fourth-order valence-corrected chi connectivity index (χ4v) is 3.63. The second-order valence-corrected chi connectivity index (χ2v) is 7.13. The minimum atomic E-state index is -0.339. The molecule has 0 saturated carbocycles. The van der Waals surface area contributed by atoms with E-state index in [-0.39, 0.29) is 30.1 Å². The van der Waals surface area contributed by atoms with Crippen molar-refractivity contribution in [2.24, 2.45) is 7.05 Å². The smallest absolute Gasteiger partial charge is 0.347 e. The van der Waals surface area contributed by atoms with Gasteiger partial charge >= 0.3 is 11.4 Å². The van der Waals surface area contributed by atoms with Gasteiger partial charge < -0.3 is 5.11 Å². The maximum absolute atomic E-state index is 12.4. The van der Waals surface area contributed by atoms with Crippen molar-refractivity contribution >= 4 is 0 Å². The summed E-state index contributed by atoms with van der Waals surface area (Å²) in [4.78, 5) is 24.6. The highest BCUT2D eigenvalue weighted by Gasteiger charge is 2.29. The zero-order valence-electron chi connectivity index (χ0n) is 15.7. The number of aliphatic hydroxyl groups is 1. The van der Waals surface area contributed by atoms with E-state index in [1.165, 1.54) is 61.4 Å². The predicted octanol–water partition coefficient (Wildman–Crippen LogP) is 2.91. The first-order chi connectivity index (χ1) is 12.1. The fourth-order valence-electron chi connectivity index (χ4n) is 3.63. The van der Waals surface area contributed by atoms with Gasteiger partial charge in [-0.15, -0.1) is 0 Å². The molecule has 1 N–H and O–H groups in total. The lowest BCUT2D eigenvalue weighted by atomic mass is 10.0. The summed E-state index contributed by atoms with van der Waals surface area (Å²) in [5.74, 6) is 0. The molecule has 142 valence electrons. The molecule has 0 radical (unpaired) electrons. The summed E-state index contributed by atoms with van der Waals surface area (Å²) in [6.07, 6.45) is 15.7. The number of allylic oxidation sites excluding steroid dienone is 2. The molecule has 1 aromatic rings. The van der Waals surface area contributed by atoms with Crippen molar-refractivity contribution in [3.8, 4) is 0 Å².